The molecule has 6 heteroatoms. The van der Waals surface area contributed by atoms with Gasteiger partial charge < -0.3 is 14.2 Å². The Kier molecular flexibility index (Phi) is 5.87. The zero-order valence-electron chi connectivity index (χ0n) is 14.1. The number of methoxy groups -OCH3 is 1. The van der Waals surface area contributed by atoms with Crippen molar-refractivity contribution in [3.63, 3.8) is 0 Å². The molecule has 1 aromatic rings. The Labute approximate surface area is 142 Å². The first-order chi connectivity index (χ1) is 10.8. The maximum absolute atomic E-state index is 12.3. The molecule has 1 aromatic heterocycles. The highest BCUT2D eigenvalue weighted by molar-refractivity contribution is 6.30. The highest BCUT2D eigenvalue weighted by atomic mass is 35.5. The Morgan fingerprint density at radius 3 is 2.70 bits per heavy atom. The van der Waals surface area contributed by atoms with Gasteiger partial charge in [0.1, 0.15) is 5.75 Å². The van der Waals surface area contributed by atoms with Gasteiger partial charge in [0.05, 0.1) is 12.3 Å². The van der Waals surface area contributed by atoms with E-state index in [2.05, 4.69) is 4.98 Å². The summed E-state index contributed by atoms with van der Waals surface area (Å²) in [7, 11) is 1.65. The van der Waals surface area contributed by atoms with Gasteiger partial charge in [-0.3, -0.25) is 4.79 Å². The molecule has 0 N–H and O–H groups in total. The van der Waals surface area contributed by atoms with Crippen LogP contribution in [0.1, 0.15) is 38.8 Å². The Hall–Kier alpha value is -1.33. The van der Waals surface area contributed by atoms with E-state index in [9.17, 15) is 4.79 Å². The number of ether oxygens (including phenoxy) is 3. The van der Waals surface area contributed by atoms with Gasteiger partial charge in [0.25, 0.3) is 0 Å². The summed E-state index contributed by atoms with van der Waals surface area (Å²) in [4.78, 5) is 16.6. The Morgan fingerprint density at radius 2 is 2.09 bits per heavy atom. The van der Waals surface area contributed by atoms with Crippen molar-refractivity contribution in [1.82, 2.24) is 4.98 Å². The fraction of sp³-hybridized carbons (Fsp3) is 0.647. The third-order valence-corrected chi connectivity index (χ3v) is 4.37. The van der Waals surface area contributed by atoms with Crippen LogP contribution >= 0.6 is 11.6 Å². The molecule has 2 rings (SSSR count). The molecule has 23 heavy (non-hydrogen) atoms. The van der Waals surface area contributed by atoms with Crippen molar-refractivity contribution in [2.24, 2.45) is 5.41 Å². The Morgan fingerprint density at radius 1 is 1.35 bits per heavy atom. The van der Waals surface area contributed by atoms with Crippen LogP contribution in [0.15, 0.2) is 6.07 Å². The molecule has 0 bridgehead atoms. The highest BCUT2D eigenvalue weighted by Gasteiger charge is 2.42. The largest absolute Gasteiger partial charge is 0.490 e. The third kappa shape index (κ3) is 4.36. The molecule has 0 amide bonds. The SMILES string of the molecule is COCCCOc1cc(OC2CCC(C)(C)C2=O)c(C)nc1Cl. The maximum atomic E-state index is 12.3. The molecule has 1 heterocycles. The van der Waals surface area contributed by atoms with Crippen LogP contribution in [0.25, 0.3) is 0 Å². The van der Waals surface area contributed by atoms with Gasteiger partial charge in [0.2, 0.25) is 0 Å². The van der Waals surface area contributed by atoms with E-state index >= 15 is 0 Å². The second kappa shape index (κ2) is 7.49. The normalized spacial score (nSPS) is 19.9. The van der Waals surface area contributed by atoms with Crippen molar-refractivity contribution in [2.45, 2.75) is 46.1 Å². The highest BCUT2D eigenvalue weighted by Crippen LogP contribution is 2.37. The molecule has 0 aliphatic heterocycles. The number of nitrogens with zero attached hydrogens (tertiary/aromatic N) is 1. The first-order valence-corrected chi connectivity index (χ1v) is 8.23. The number of aromatic nitrogens is 1. The topological polar surface area (TPSA) is 57.7 Å². The average Bonchev–Trinajstić information content (AvgIpc) is 2.74. The van der Waals surface area contributed by atoms with Gasteiger partial charge in [-0.1, -0.05) is 25.4 Å². The van der Waals surface area contributed by atoms with E-state index in [0.29, 0.717) is 35.6 Å². The van der Waals surface area contributed by atoms with Gasteiger partial charge in [0, 0.05) is 31.6 Å². The number of pyridine rings is 1. The van der Waals surface area contributed by atoms with Crippen molar-refractivity contribution in [3.8, 4) is 11.5 Å². The van der Waals surface area contributed by atoms with Crippen molar-refractivity contribution in [1.29, 1.82) is 0 Å². The van der Waals surface area contributed by atoms with Crippen LogP contribution in [0, 0.1) is 12.3 Å². The first kappa shape index (κ1) is 18.0. The standard InChI is InChI=1S/C17H24ClNO4/c1-11-13(23-12-6-7-17(2,3)15(12)20)10-14(16(18)19-11)22-9-5-8-21-4/h10,12H,5-9H2,1-4H3. The lowest BCUT2D eigenvalue weighted by atomic mass is 9.91. The van der Waals surface area contributed by atoms with Crippen LogP contribution in [-0.4, -0.2) is 37.2 Å². The molecule has 1 unspecified atom stereocenters. The third-order valence-electron chi connectivity index (χ3n) is 4.10. The summed E-state index contributed by atoms with van der Waals surface area (Å²) in [6.07, 6.45) is 1.88. The second-order valence-electron chi connectivity index (χ2n) is 6.45. The number of carbonyl (C=O) groups excluding carboxylic acids is 1. The number of hydrogen-bond acceptors (Lipinski definition) is 5. The van der Waals surface area contributed by atoms with Gasteiger partial charge in [-0.25, -0.2) is 4.98 Å². The lowest BCUT2D eigenvalue weighted by molar-refractivity contribution is -0.129. The summed E-state index contributed by atoms with van der Waals surface area (Å²) in [5.74, 6) is 1.15. The van der Waals surface area contributed by atoms with Crippen molar-refractivity contribution in [2.75, 3.05) is 20.3 Å². The Balaban J connectivity index is 2.08. The van der Waals surface area contributed by atoms with Gasteiger partial charge in [-0.15, -0.1) is 0 Å². The minimum Gasteiger partial charge on any atom is -0.490 e. The number of carbonyl (C=O) groups is 1. The van der Waals surface area contributed by atoms with Gasteiger partial charge in [0.15, 0.2) is 22.8 Å². The summed E-state index contributed by atoms with van der Waals surface area (Å²) in [5, 5.41) is 0.297. The molecular formula is C17H24ClNO4. The molecule has 0 saturated heterocycles. The fourth-order valence-corrected chi connectivity index (χ4v) is 2.83. The quantitative estimate of drug-likeness (QED) is 0.560. The zero-order valence-corrected chi connectivity index (χ0v) is 14.9. The van der Waals surface area contributed by atoms with E-state index in [1.165, 1.54) is 0 Å². The average molecular weight is 342 g/mol. The molecule has 1 fully saturated rings. The van der Waals surface area contributed by atoms with E-state index in [1.54, 1.807) is 20.1 Å². The minimum atomic E-state index is -0.423. The Bertz CT molecular complexity index is 574. The summed E-state index contributed by atoms with van der Waals surface area (Å²) in [5.41, 5.74) is 0.328. The maximum Gasteiger partial charge on any atom is 0.178 e. The van der Waals surface area contributed by atoms with E-state index in [0.717, 1.165) is 19.3 Å². The molecule has 1 aliphatic carbocycles. The lowest BCUT2D eigenvalue weighted by Gasteiger charge is -2.18. The van der Waals surface area contributed by atoms with Crippen LogP contribution in [0.2, 0.25) is 5.15 Å². The number of hydrogen-bond donors (Lipinski definition) is 0. The number of rotatable bonds is 7. The summed E-state index contributed by atoms with van der Waals surface area (Å²) < 4.78 is 16.5. The molecular weight excluding hydrogens is 318 g/mol. The van der Waals surface area contributed by atoms with Crippen LogP contribution in [0.4, 0.5) is 0 Å². The smallest absolute Gasteiger partial charge is 0.178 e. The number of halogens is 1. The van der Waals surface area contributed by atoms with Gasteiger partial charge in [-0.2, -0.15) is 0 Å². The van der Waals surface area contributed by atoms with E-state index < -0.39 is 6.10 Å². The number of aryl methyl sites for hydroxylation is 1. The summed E-state index contributed by atoms with van der Waals surface area (Å²) in [6.45, 7) is 6.81. The zero-order chi connectivity index (χ0) is 17.0. The number of ketones is 1. The van der Waals surface area contributed by atoms with E-state index in [1.807, 2.05) is 13.8 Å². The van der Waals surface area contributed by atoms with Gasteiger partial charge in [-0.05, 0) is 19.8 Å². The monoisotopic (exact) mass is 341 g/mol. The molecule has 5 nitrogen and oxygen atoms in total. The second-order valence-corrected chi connectivity index (χ2v) is 6.81. The van der Waals surface area contributed by atoms with Crippen LogP contribution < -0.4 is 9.47 Å². The van der Waals surface area contributed by atoms with Crippen LogP contribution in [0.3, 0.4) is 0 Å². The van der Waals surface area contributed by atoms with Crippen molar-refractivity contribution in [3.05, 3.63) is 16.9 Å². The minimum absolute atomic E-state index is 0.134. The molecule has 1 atom stereocenters. The molecule has 128 valence electrons. The van der Waals surface area contributed by atoms with Crippen molar-refractivity contribution >= 4 is 17.4 Å². The molecule has 0 radical (unpaired) electrons. The molecule has 0 aromatic carbocycles. The van der Waals surface area contributed by atoms with Crippen LogP contribution in [0.5, 0.6) is 11.5 Å². The number of Topliss-reactive ketones (excluding diaryl/α,β-unsaturated/α-hetero) is 1. The fourth-order valence-electron chi connectivity index (χ4n) is 2.59. The lowest BCUT2D eigenvalue weighted by Crippen LogP contribution is -2.29. The van der Waals surface area contributed by atoms with Crippen LogP contribution in [-0.2, 0) is 9.53 Å². The molecule has 1 aliphatic rings. The van der Waals surface area contributed by atoms with Gasteiger partial charge >= 0.3 is 0 Å². The summed E-state index contributed by atoms with van der Waals surface area (Å²) >= 11 is 6.12. The summed E-state index contributed by atoms with van der Waals surface area (Å²) in [6, 6.07) is 1.72. The molecule has 1 saturated carbocycles. The predicted molar refractivity (Wildman–Crippen MR) is 88.4 cm³/mol. The van der Waals surface area contributed by atoms with E-state index in [4.69, 9.17) is 25.8 Å². The van der Waals surface area contributed by atoms with Crippen molar-refractivity contribution < 1.29 is 19.0 Å². The first-order valence-electron chi connectivity index (χ1n) is 7.85. The molecule has 0 spiro atoms. The predicted octanol–water partition coefficient (Wildman–Crippen LogP) is 3.60. The van der Waals surface area contributed by atoms with E-state index in [-0.39, 0.29) is 11.2 Å².